The van der Waals surface area contributed by atoms with Crippen molar-refractivity contribution in [2.24, 2.45) is 0 Å². The number of benzene rings is 1. The molecule has 0 saturated carbocycles. The second-order valence-electron chi connectivity index (χ2n) is 5.40. The Labute approximate surface area is 107 Å². The standard InChI is InChI=1S/C14H16N4/c1-10-6-5-7-11(8-10)18-13(14(2,3)4)12(9-15)16-17-18/h5-8H,1-4H3. The second-order valence-corrected chi connectivity index (χ2v) is 5.40. The Morgan fingerprint density at radius 1 is 1.28 bits per heavy atom. The zero-order valence-electron chi connectivity index (χ0n) is 11.1. The molecule has 18 heavy (non-hydrogen) atoms. The average molecular weight is 240 g/mol. The molecular formula is C14H16N4. The molecule has 1 aromatic carbocycles. The van der Waals surface area contributed by atoms with E-state index >= 15 is 0 Å². The Hall–Kier alpha value is -2.15. The van der Waals surface area contributed by atoms with Gasteiger partial charge in [0.2, 0.25) is 0 Å². The van der Waals surface area contributed by atoms with Gasteiger partial charge in [0, 0.05) is 5.41 Å². The summed E-state index contributed by atoms with van der Waals surface area (Å²) in [5, 5.41) is 17.2. The van der Waals surface area contributed by atoms with Gasteiger partial charge in [0.15, 0.2) is 5.69 Å². The number of hydrogen-bond acceptors (Lipinski definition) is 3. The van der Waals surface area contributed by atoms with E-state index in [1.807, 2.05) is 31.2 Å². The first-order valence-electron chi connectivity index (χ1n) is 5.87. The smallest absolute Gasteiger partial charge is 0.186 e. The van der Waals surface area contributed by atoms with Crippen LogP contribution in [0.25, 0.3) is 5.69 Å². The van der Waals surface area contributed by atoms with Crippen LogP contribution in [0.4, 0.5) is 0 Å². The molecule has 0 aliphatic rings. The predicted octanol–water partition coefficient (Wildman–Crippen LogP) is 2.74. The Morgan fingerprint density at radius 3 is 2.56 bits per heavy atom. The molecule has 1 heterocycles. The van der Waals surface area contributed by atoms with Crippen LogP contribution in [0.5, 0.6) is 0 Å². The first-order chi connectivity index (χ1) is 8.43. The highest BCUT2D eigenvalue weighted by atomic mass is 15.4. The maximum atomic E-state index is 9.13. The lowest BCUT2D eigenvalue weighted by molar-refractivity contribution is 0.541. The van der Waals surface area contributed by atoms with Crippen LogP contribution in [-0.4, -0.2) is 15.0 Å². The van der Waals surface area contributed by atoms with E-state index in [-0.39, 0.29) is 5.41 Å². The molecule has 1 aromatic heterocycles. The second kappa shape index (κ2) is 4.26. The van der Waals surface area contributed by atoms with E-state index in [2.05, 4.69) is 37.2 Å². The minimum atomic E-state index is -0.182. The molecule has 0 unspecified atom stereocenters. The van der Waals surface area contributed by atoms with Gasteiger partial charge in [0.1, 0.15) is 6.07 Å². The molecule has 0 spiro atoms. The van der Waals surface area contributed by atoms with Crippen LogP contribution in [0.15, 0.2) is 24.3 Å². The van der Waals surface area contributed by atoms with Gasteiger partial charge in [0.25, 0.3) is 0 Å². The topological polar surface area (TPSA) is 54.5 Å². The van der Waals surface area contributed by atoms with E-state index in [9.17, 15) is 0 Å². The van der Waals surface area contributed by atoms with E-state index in [0.29, 0.717) is 5.69 Å². The molecule has 92 valence electrons. The van der Waals surface area contributed by atoms with E-state index in [1.54, 1.807) is 4.68 Å². The minimum Gasteiger partial charge on any atom is -0.216 e. The summed E-state index contributed by atoms with van der Waals surface area (Å²) in [6.07, 6.45) is 0. The van der Waals surface area contributed by atoms with E-state index in [1.165, 1.54) is 0 Å². The normalized spacial score (nSPS) is 11.3. The molecular weight excluding hydrogens is 224 g/mol. The molecule has 0 atom stereocenters. The van der Waals surface area contributed by atoms with Gasteiger partial charge in [-0.05, 0) is 24.6 Å². The fourth-order valence-corrected chi connectivity index (χ4v) is 1.97. The lowest BCUT2D eigenvalue weighted by Gasteiger charge is -2.19. The molecule has 0 aliphatic heterocycles. The molecule has 0 radical (unpaired) electrons. The molecule has 4 nitrogen and oxygen atoms in total. The summed E-state index contributed by atoms with van der Waals surface area (Å²) < 4.78 is 1.76. The van der Waals surface area contributed by atoms with Crippen LogP contribution in [-0.2, 0) is 5.41 Å². The molecule has 4 heteroatoms. The number of rotatable bonds is 1. The number of nitrogens with zero attached hydrogens (tertiary/aromatic N) is 4. The highest BCUT2D eigenvalue weighted by Crippen LogP contribution is 2.26. The molecule has 0 N–H and O–H groups in total. The van der Waals surface area contributed by atoms with Crippen molar-refractivity contribution in [2.45, 2.75) is 33.1 Å². The summed E-state index contributed by atoms with van der Waals surface area (Å²) in [5.41, 5.74) is 3.15. The third kappa shape index (κ3) is 2.12. The zero-order chi connectivity index (χ0) is 13.3. The number of aromatic nitrogens is 3. The Kier molecular flexibility index (Phi) is 2.92. The fourth-order valence-electron chi connectivity index (χ4n) is 1.97. The van der Waals surface area contributed by atoms with Crippen molar-refractivity contribution in [2.75, 3.05) is 0 Å². The summed E-state index contributed by atoms with van der Waals surface area (Å²) in [4.78, 5) is 0. The van der Waals surface area contributed by atoms with Crippen molar-refractivity contribution >= 4 is 0 Å². The third-order valence-corrected chi connectivity index (χ3v) is 2.73. The van der Waals surface area contributed by atoms with Crippen molar-refractivity contribution in [1.82, 2.24) is 15.0 Å². The molecule has 0 saturated heterocycles. The van der Waals surface area contributed by atoms with Crippen LogP contribution in [0.1, 0.15) is 37.7 Å². The van der Waals surface area contributed by atoms with Crippen LogP contribution in [0.3, 0.4) is 0 Å². The van der Waals surface area contributed by atoms with Crippen LogP contribution in [0, 0.1) is 18.3 Å². The van der Waals surface area contributed by atoms with Gasteiger partial charge in [-0.3, -0.25) is 0 Å². The van der Waals surface area contributed by atoms with Gasteiger partial charge in [-0.25, -0.2) is 4.68 Å². The van der Waals surface area contributed by atoms with Crippen LogP contribution < -0.4 is 0 Å². The predicted molar refractivity (Wildman–Crippen MR) is 69.5 cm³/mol. The monoisotopic (exact) mass is 240 g/mol. The van der Waals surface area contributed by atoms with Gasteiger partial charge < -0.3 is 0 Å². The van der Waals surface area contributed by atoms with E-state index in [4.69, 9.17) is 5.26 Å². The quantitative estimate of drug-likeness (QED) is 0.770. The van der Waals surface area contributed by atoms with E-state index in [0.717, 1.165) is 16.9 Å². The summed E-state index contributed by atoms with van der Waals surface area (Å²) in [5.74, 6) is 0. The maximum Gasteiger partial charge on any atom is 0.186 e. The first kappa shape index (κ1) is 12.3. The van der Waals surface area contributed by atoms with Crippen LogP contribution in [0.2, 0.25) is 0 Å². The van der Waals surface area contributed by atoms with Gasteiger partial charge in [-0.2, -0.15) is 5.26 Å². The molecule has 0 aliphatic carbocycles. The minimum absolute atomic E-state index is 0.182. The van der Waals surface area contributed by atoms with Gasteiger partial charge in [0.05, 0.1) is 11.4 Å². The summed E-state index contributed by atoms with van der Waals surface area (Å²) >= 11 is 0. The van der Waals surface area contributed by atoms with Crippen molar-refractivity contribution in [1.29, 1.82) is 5.26 Å². The van der Waals surface area contributed by atoms with Crippen molar-refractivity contribution < 1.29 is 0 Å². The van der Waals surface area contributed by atoms with Gasteiger partial charge in [-0.15, -0.1) is 5.10 Å². The lowest BCUT2D eigenvalue weighted by atomic mass is 9.90. The third-order valence-electron chi connectivity index (χ3n) is 2.73. The largest absolute Gasteiger partial charge is 0.216 e. The Bertz CT molecular complexity index is 611. The van der Waals surface area contributed by atoms with Gasteiger partial charge in [-0.1, -0.05) is 38.1 Å². The van der Waals surface area contributed by atoms with Crippen molar-refractivity contribution in [3.8, 4) is 11.8 Å². The van der Waals surface area contributed by atoms with Crippen molar-refractivity contribution in [3.05, 3.63) is 41.2 Å². The molecule has 2 rings (SSSR count). The number of nitriles is 1. The highest BCUT2D eigenvalue weighted by Gasteiger charge is 2.26. The fraction of sp³-hybridized carbons (Fsp3) is 0.357. The van der Waals surface area contributed by atoms with Crippen molar-refractivity contribution in [3.63, 3.8) is 0 Å². The van der Waals surface area contributed by atoms with E-state index < -0.39 is 0 Å². The summed E-state index contributed by atoms with van der Waals surface area (Å²) in [7, 11) is 0. The Balaban J connectivity index is 2.67. The molecule has 2 aromatic rings. The SMILES string of the molecule is Cc1cccc(-n2nnc(C#N)c2C(C)(C)C)c1. The highest BCUT2D eigenvalue weighted by molar-refractivity contribution is 5.40. The average Bonchev–Trinajstić information content (AvgIpc) is 2.72. The maximum absolute atomic E-state index is 9.13. The first-order valence-corrected chi connectivity index (χ1v) is 5.87. The number of hydrogen-bond donors (Lipinski definition) is 0. The Morgan fingerprint density at radius 2 is 2.00 bits per heavy atom. The molecule has 0 fully saturated rings. The molecule has 0 bridgehead atoms. The zero-order valence-corrected chi connectivity index (χ0v) is 11.1. The molecule has 0 amide bonds. The summed E-state index contributed by atoms with van der Waals surface area (Å²) in [6, 6.07) is 10.1. The summed E-state index contributed by atoms with van der Waals surface area (Å²) in [6.45, 7) is 8.19. The van der Waals surface area contributed by atoms with Crippen LogP contribution >= 0.6 is 0 Å². The lowest BCUT2D eigenvalue weighted by Crippen LogP contribution is -2.19. The number of aryl methyl sites for hydroxylation is 1. The van der Waals surface area contributed by atoms with Gasteiger partial charge >= 0.3 is 0 Å².